The van der Waals surface area contributed by atoms with E-state index < -0.39 is 5.60 Å². The third-order valence-electron chi connectivity index (χ3n) is 3.34. The minimum atomic E-state index is -0.783. The molecule has 1 fully saturated rings. The largest absolute Gasteiger partial charge is 0.388 e. The van der Waals surface area contributed by atoms with Crippen LogP contribution in [0.5, 0.6) is 0 Å². The third kappa shape index (κ3) is 3.23. The van der Waals surface area contributed by atoms with Crippen LogP contribution in [0.1, 0.15) is 37.0 Å². The van der Waals surface area contributed by atoms with Crippen molar-refractivity contribution in [2.75, 3.05) is 25.0 Å². The Hall–Kier alpha value is -1.62. The topological polar surface area (TPSA) is 65.5 Å². The minimum absolute atomic E-state index is 0.0657. The Morgan fingerprint density at radius 3 is 3.11 bits per heavy atom. The number of amides is 1. The molecule has 1 amide bonds. The number of likely N-dealkylation sites (tertiary alicyclic amines) is 1. The van der Waals surface area contributed by atoms with Crippen LogP contribution in [-0.2, 0) is 0 Å². The zero-order valence-electron chi connectivity index (χ0n) is 11.5. The molecule has 1 aromatic heterocycles. The van der Waals surface area contributed by atoms with Crippen LogP contribution < -0.4 is 5.32 Å². The van der Waals surface area contributed by atoms with Crippen molar-refractivity contribution in [3.63, 3.8) is 0 Å². The van der Waals surface area contributed by atoms with Gasteiger partial charge in [-0.25, -0.2) is 4.98 Å². The highest BCUT2D eigenvalue weighted by Crippen LogP contribution is 2.23. The Balaban J connectivity index is 2.19. The maximum Gasteiger partial charge on any atom is 0.257 e. The monoisotopic (exact) mass is 263 g/mol. The number of aliphatic hydroxyl groups is 1. The molecule has 0 saturated carbocycles. The van der Waals surface area contributed by atoms with Gasteiger partial charge in [-0.2, -0.15) is 0 Å². The summed E-state index contributed by atoms with van der Waals surface area (Å²) in [5.41, 5.74) is -0.212. The number of β-amino-alcohol motifs (C(OH)–C–C–N with tert-alkyl or cyclic N) is 1. The third-order valence-corrected chi connectivity index (χ3v) is 3.34. The number of aromatic nitrogens is 1. The number of nitrogens with zero attached hydrogens (tertiary/aromatic N) is 2. The maximum atomic E-state index is 12.5. The second-order valence-electron chi connectivity index (χ2n) is 5.26. The molecule has 1 unspecified atom stereocenters. The molecule has 1 aromatic rings. The summed E-state index contributed by atoms with van der Waals surface area (Å²) in [5.74, 6) is 0.546. The van der Waals surface area contributed by atoms with E-state index in [0.29, 0.717) is 24.5 Å². The second kappa shape index (κ2) is 5.57. The Morgan fingerprint density at radius 1 is 1.63 bits per heavy atom. The lowest BCUT2D eigenvalue weighted by molar-refractivity contribution is -0.0107. The normalized spacial score (nSPS) is 23.2. The summed E-state index contributed by atoms with van der Waals surface area (Å²) in [6, 6.07) is 3.53. The van der Waals surface area contributed by atoms with Gasteiger partial charge in [0.2, 0.25) is 0 Å². The number of nitrogens with one attached hydrogen (secondary N) is 1. The molecule has 1 aliphatic rings. The van der Waals surface area contributed by atoms with Crippen LogP contribution in [0.15, 0.2) is 18.3 Å². The van der Waals surface area contributed by atoms with Crippen molar-refractivity contribution in [3.05, 3.63) is 23.9 Å². The molecular formula is C14H21N3O2. The van der Waals surface area contributed by atoms with Crippen LogP contribution in [0, 0.1) is 0 Å². The van der Waals surface area contributed by atoms with E-state index in [1.54, 1.807) is 30.2 Å². The predicted octanol–water partition coefficient (Wildman–Crippen LogP) is 1.50. The number of carbonyl (C=O) groups excluding carboxylic acids is 1. The van der Waals surface area contributed by atoms with Gasteiger partial charge in [0.1, 0.15) is 5.82 Å². The molecule has 104 valence electrons. The van der Waals surface area contributed by atoms with Gasteiger partial charge in [-0.3, -0.25) is 4.79 Å². The first kappa shape index (κ1) is 13.8. The fourth-order valence-corrected chi connectivity index (χ4v) is 2.45. The van der Waals surface area contributed by atoms with Crippen LogP contribution in [0.3, 0.4) is 0 Å². The average Bonchev–Trinajstić information content (AvgIpc) is 2.38. The molecule has 0 spiro atoms. The maximum absolute atomic E-state index is 12.5. The summed E-state index contributed by atoms with van der Waals surface area (Å²) in [6.45, 7) is 5.53. The zero-order chi connectivity index (χ0) is 13.9. The predicted molar refractivity (Wildman–Crippen MR) is 74.2 cm³/mol. The molecular weight excluding hydrogens is 242 g/mol. The first-order chi connectivity index (χ1) is 9.03. The smallest absolute Gasteiger partial charge is 0.257 e. The Labute approximate surface area is 113 Å². The van der Waals surface area contributed by atoms with Crippen molar-refractivity contribution >= 4 is 11.7 Å². The quantitative estimate of drug-likeness (QED) is 0.867. The molecule has 1 atom stereocenters. The van der Waals surface area contributed by atoms with Gasteiger partial charge in [-0.15, -0.1) is 0 Å². The zero-order valence-corrected chi connectivity index (χ0v) is 11.5. The average molecular weight is 263 g/mol. The Kier molecular flexibility index (Phi) is 4.04. The number of hydrogen-bond acceptors (Lipinski definition) is 4. The lowest BCUT2D eigenvalue weighted by Gasteiger charge is -2.37. The molecule has 2 rings (SSSR count). The molecule has 0 aliphatic carbocycles. The SMILES string of the molecule is CCNc1ncccc1C(=O)N1CCCC(C)(O)C1. The molecule has 1 aliphatic heterocycles. The van der Waals surface area contributed by atoms with Crippen LogP contribution in [0.4, 0.5) is 5.82 Å². The number of anilines is 1. The van der Waals surface area contributed by atoms with Gasteiger partial charge in [0.05, 0.1) is 11.2 Å². The van der Waals surface area contributed by atoms with E-state index in [-0.39, 0.29) is 5.91 Å². The summed E-state index contributed by atoms with van der Waals surface area (Å²) in [6.07, 6.45) is 3.24. The van der Waals surface area contributed by atoms with Crippen LogP contribution in [-0.4, -0.2) is 46.1 Å². The highest BCUT2D eigenvalue weighted by molar-refractivity contribution is 5.98. The fraction of sp³-hybridized carbons (Fsp3) is 0.571. The summed E-state index contributed by atoms with van der Waals surface area (Å²) >= 11 is 0. The standard InChI is InChI=1S/C14H21N3O2/c1-3-15-12-11(6-4-8-16-12)13(18)17-9-5-7-14(2,19)10-17/h4,6,8,19H,3,5,7,9-10H2,1-2H3,(H,15,16). The molecule has 2 heterocycles. The van der Waals surface area contributed by atoms with E-state index >= 15 is 0 Å². The lowest BCUT2D eigenvalue weighted by atomic mass is 9.94. The molecule has 5 nitrogen and oxygen atoms in total. The van der Waals surface area contributed by atoms with E-state index in [2.05, 4.69) is 10.3 Å². The van der Waals surface area contributed by atoms with Crippen molar-refractivity contribution in [2.24, 2.45) is 0 Å². The van der Waals surface area contributed by atoms with Gasteiger partial charge in [-0.05, 0) is 38.8 Å². The van der Waals surface area contributed by atoms with Gasteiger partial charge in [0.25, 0.3) is 5.91 Å². The van der Waals surface area contributed by atoms with E-state index in [1.807, 2.05) is 6.92 Å². The van der Waals surface area contributed by atoms with Gasteiger partial charge in [-0.1, -0.05) is 0 Å². The molecule has 1 saturated heterocycles. The van der Waals surface area contributed by atoms with Gasteiger partial charge >= 0.3 is 0 Å². The molecule has 0 radical (unpaired) electrons. The van der Waals surface area contributed by atoms with Crippen LogP contribution >= 0.6 is 0 Å². The summed E-state index contributed by atoms with van der Waals surface area (Å²) < 4.78 is 0. The molecule has 0 aromatic carbocycles. The lowest BCUT2D eigenvalue weighted by Crippen LogP contribution is -2.48. The summed E-state index contributed by atoms with van der Waals surface area (Å²) in [4.78, 5) is 18.4. The molecule has 0 bridgehead atoms. The van der Waals surface area contributed by atoms with Crippen molar-refractivity contribution in [1.29, 1.82) is 0 Å². The second-order valence-corrected chi connectivity index (χ2v) is 5.26. The van der Waals surface area contributed by atoms with Gasteiger partial charge in [0, 0.05) is 25.8 Å². The van der Waals surface area contributed by atoms with Crippen molar-refractivity contribution in [2.45, 2.75) is 32.3 Å². The minimum Gasteiger partial charge on any atom is -0.388 e. The summed E-state index contributed by atoms with van der Waals surface area (Å²) in [7, 11) is 0. The number of rotatable bonds is 3. The van der Waals surface area contributed by atoms with Crippen molar-refractivity contribution < 1.29 is 9.90 Å². The van der Waals surface area contributed by atoms with Crippen LogP contribution in [0.2, 0.25) is 0 Å². The van der Waals surface area contributed by atoms with Crippen molar-refractivity contribution in [3.8, 4) is 0 Å². The van der Waals surface area contributed by atoms with Gasteiger partial charge in [0.15, 0.2) is 0 Å². The molecule has 2 N–H and O–H groups in total. The Morgan fingerprint density at radius 2 is 2.42 bits per heavy atom. The van der Waals surface area contributed by atoms with E-state index in [4.69, 9.17) is 0 Å². The van der Waals surface area contributed by atoms with Crippen LogP contribution in [0.25, 0.3) is 0 Å². The van der Waals surface area contributed by atoms with E-state index in [9.17, 15) is 9.90 Å². The highest BCUT2D eigenvalue weighted by atomic mass is 16.3. The van der Waals surface area contributed by atoms with Crippen molar-refractivity contribution in [1.82, 2.24) is 9.88 Å². The van der Waals surface area contributed by atoms with E-state index in [1.165, 1.54) is 0 Å². The van der Waals surface area contributed by atoms with E-state index in [0.717, 1.165) is 19.4 Å². The number of carbonyl (C=O) groups is 1. The number of piperidine rings is 1. The first-order valence-electron chi connectivity index (χ1n) is 6.74. The Bertz CT molecular complexity index is 460. The molecule has 5 heteroatoms. The molecule has 19 heavy (non-hydrogen) atoms. The number of hydrogen-bond donors (Lipinski definition) is 2. The van der Waals surface area contributed by atoms with Gasteiger partial charge < -0.3 is 15.3 Å². The highest BCUT2D eigenvalue weighted by Gasteiger charge is 2.32. The fourth-order valence-electron chi connectivity index (χ4n) is 2.45. The number of pyridine rings is 1. The first-order valence-corrected chi connectivity index (χ1v) is 6.74. The summed E-state index contributed by atoms with van der Waals surface area (Å²) in [5, 5.41) is 13.2.